The van der Waals surface area contributed by atoms with Crippen LogP contribution < -0.4 is 0 Å². The van der Waals surface area contributed by atoms with Crippen molar-refractivity contribution in [2.75, 3.05) is 6.61 Å². The highest BCUT2D eigenvalue weighted by molar-refractivity contribution is 7.86. The third kappa shape index (κ3) is 4.80. The molecule has 0 aliphatic carbocycles. The Labute approximate surface area is 116 Å². The van der Waals surface area contributed by atoms with E-state index in [1.54, 1.807) is 24.3 Å². The van der Waals surface area contributed by atoms with E-state index >= 15 is 0 Å². The predicted octanol–water partition coefficient (Wildman–Crippen LogP) is 3.55. The first-order valence-electron chi connectivity index (χ1n) is 6.45. The van der Waals surface area contributed by atoms with Crippen LogP contribution in [0.15, 0.2) is 41.8 Å². The van der Waals surface area contributed by atoms with Crippen molar-refractivity contribution in [3.63, 3.8) is 0 Å². The number of aryl methyl sites for hydroxylation is 1. The summed E-state index contributed by atoms with van der Waals surface area (Å²) in [5.74, 6) is 0.705. The number of hydrogen-bond donors (Lipinski definition) is 0. The van der Waals surface area contributed by atoms with Crippen LogP contribution in [0.5, 0.6) is 0 Å². The van der Waals surface area contributed by atoms with Gasteiger partial charge in [0.1, 0.15) is 0 Å². The monoisotopic (exact) mass is 282 g/mol. The molecule has 19 heavy (non-hydrogen) atoms. The molecule has 0 bridgehead atoms. The van der Waals surface area contributed by atoms with E-state index in [-0.39, 0.29) is 17.4 Å². The van der Waals surface area contributed by atoms with E-state index in [9.17, 15) is 8.42 Å². The summed E-state index contributed by atoms with van der Waals surface area (Å²) in [5.41, 5.74) is 1.02. The van der Waals surface area contributed by atoms with E-state index in [4.69, 9.17) is 4.18 Å². The van der Waals surface area contributed by atoms with Crippen molar-refractivity contribution in [1.82, 2.24) is 0 Å². The lowest BCUT2D eigenvalue weighted by Crippen LogP contribution is -2.13. The molecule has 1 aromatic rings. The molecule has 0 radical (unpaired) electrons. The molecule has 0 aliphatic heterocycles. The van der Waals surface area contributed by atoms with Gasteiger partial charge in [0.05, 0.1) is 11.5 Å². The lowest BCUT2D eigenvalue weighted by molar-refractivity contribution is 0.276. The van der Waals surface area contributed by atoms with Gasteiger partial charge in [0.25, 0.3) is 10.1 Å². The molecular formula is C15H22O3S. The Hall–Kier alpha value is -1.13. The van der Waals surface area contributed by atoms with Crippen LogP contribution in [-0.4, -0.2) is 15.0 Å². The summed E-state index contributed by atoms with van der Waals surface area (Å²) >= 11 is 0. The highest BCUT2D eigenvalue weighted by atomic mass is 32.2. The van der Waals surface area contributed by atoms with Gasteiger partial charge in [0.15, 0.2) is 0 Å². The van der Waals surface area contributed by atoms with Crippen LogP contribution in [0.25, 0.3) is 0 Å². The van der Waals surface area contributed by atoms with Crippen molar-refractivity contribution in [3.8, 4) is 0 Å². The molecular weight excluding hydrogens is 260 g/mol. The second kappa shape index (κ2) is 6.87. The highest BCUT2D eigenvalue weighted by Crippen LogP contribution is 2.18. The van der Waals surface area contributed by atoms with Gasteiger partial charge in [-0.15, -0.1) is 6.58 Å². The molecule has 3 nitrogen and oxygen atoms in total. The minimum Gasteiger partial charge on any atom is -0.266 e. The molecule has 0 aromatic heterocycles. The maximum absolute atomic E-state index is 11.9. The molecule has 106 valence electrons. The number of benzene rings is 1. The van der Waals surface area contributed by atoms with Gasteiger partial charge >= 0.3 is 0 Å². The molecule has 4 heteroatoms. The van der Waals surface area contributed by atoms with Gasteiger partial charge in [0, 0.05) is 0 Å². The summed E-state index contributed by atoms with van der Waals surface area (Å²) < 4.78 is 28.9. The minimum atomic E-state index is -3.64. The van der Waals surface area contributed by atoms with Crippen molar-refractivity contribution < 1.29 is 12.6 Å². The van der Waals surface area contributed by atoms with Crippen LogP contribution in [0.2, 0.25) is 0 Å². The van der Waals surface area contributed by atoms with Crippen LogP contribution in [0.3, 0.4) is 0 Å². The topological polar surface area (TPSA) is 43.4 Å². The molecule has 0 unspecified atom stereocenters. The zero-order valence-corrected chi connectivity index (χ0v) is 12.6. The summed E-state index contributed by atoms with van der Waals surface area (Å²) in [6, 6.07) is 6.66. The van der Waals surface area contributed by atoms with E-state index in [2.05, 4.69) is 20.4 Å². The maximum atomic E-state index is 11.9. The second-order valence-electron chi connectivity index (χ2n) is 5.02. The standard InChI is InChI=1S/C15H22O3S/c1-5-14(12(2)3)10-11-18-19(16,17)15-8-6-13(4)7-9-15/h5-9,12,14H,1,10-11H2,2-4H3/t14-/m1/s1. The summed E-state index contributed by atoms with van der Waals surface area (Å²) in [5, 5.41) is 0. The molecule has 0 saturated carbocycles. The van der Waals surface area contributed by atoms with Crippen LogP contribution in [-0.2, 0) is 14.3 Å². The Morgan fingerprint density at radius 3 is 2.32 bits per heavy atom. The van der Waals surface area contributed by atoms with Crippen LogP contribution in [0, 0.1) is 18.8 Å². The van der Waals surface area contributed by atoms with Gasteiger partial charge in [0.2, 0.25) is 0 Å². The van der Waals surface area contributed by atoms with Crippen molar-refractivity contribution in [1.29, 1.82) is 0 Å². The first-order chi connectivity index (χ1) is 8.86. The Kier molecular flexibility index (Phi) is 5.76. The lowest BCUT2D eigenvalue weighted by Gasteiger charge is -2.16. The third-order valence-electron chi connectivity index (χ3n) is 3.16. The van der Waals surface area contributed by atoms with Crippen LogP contribution in [0.1, 0.15) is 25.8 Å². The lowest BCUT2D eigenvalue weighted by atomic mass is 9.93. The molecule has 1 rings (SSSR count). The average Bonchev–Trinajstić information content (AvgIpc) is 2.34. The highest BCUT2D eigenvalue weighted by Gasteiger charge is 2.16. The number of allylic oxidation sites excluding steroid dienone is 1. The summed E-state index contributed by atoms with van der Waals surface area (Å²) in [7, 11) is -3.64. The molecule has 0 heterocycles. The molecule has 0 spiro atoms. The molecule has 0 aliphatic rings. The predicted molar refractivity (Wildman–Crippen MR) is 77.5 cm³/mol. The zero-order chi connectivity index (χ0) is 14.5. The van der Waals surface area contributed by atoms with E-state index < -0.39 is 10.1 Å². The van der Waals surface area contributed by atoms with Crippen molar-refractivity contribution in [2.45, 2.75) is 32.1 Å². The fraction of sp³-hybridized carbons (Fsp3) is 0.467. The van der Waals surface area contributed by atoms with Gasteiger partial charge < -0.3 is 0 Å². The molecule has 0 saturated heterocycles. The largest absolute Gasteiger partial charge is 0.296 e. The van der Waals surface area contributed by atoms with Crippen LogP contribution in [0.4, 0.5) is 0 Å². The Bertz CT molecular complexity index is 501. The van der Waals surface area contributed by atoms with Gasteiger partial charge in [-0.25, -0.2) is 0 Å². The fourth-order valence-corrected chi connectivity index (χ4v) is 2.71. The van der Waals surface area contributed by atoms with Gasteiger partial charge in [-0.3, -0.25) is 4.18 Å². The fourth-order valence-electron chi connectivity index (χ4n) is 1.79. The molecule has 1 atom stereocenters. The quantitative estimate of drug-likeness (QED) is 0.567. The third-order valence-corrected chi connectivity index (χ3v) is 4.48. The molecule has 0 N–H and O–H groups in total. The minimum absolute atomic E-state index is 0.186. The summed E-state index contributed by atoms with van der Waals surface area (Å²) in [4.78, 5) is 0.206. The normalized spacial score (nSPS) is 13.5. The Morgan fingerprint density at radius 2 is 1.84 bits per heavy atom. The molecule has 0 amide bonds. The van der Waals surface area contributed by atoms with Crippen LogP contribution >= 0.6 is 0 Å². The zero-order valence-electron chi connectivity index (χ0n) is 11.8. The number of rotatable bonds is 7. The smallest absolute Gasteiger partial charge is 0.266 e. The average molecular weight is 282 g/mol. The SMILES string of the molecule is C=C[C@H](CCOS(=O)(=O)c1ccc(C)cc1)C(C)C. The molecule has 1 aromatic carbocycles. The van der Waals surface area contributed by atoms with Crippen molar-refractivity contribution >= 4 is 10.1 Å². The van der Waals surface area contributed by atoms with Gasteiger partial charge in [-0.1, -0.05) is 37.6 Å². The first-order valence-corrected chi connectivity index (χ1v) is 7.86. The first kappa shape index (κ1) is 15.9. The second-order valence-corrected chi connectivity index (χ2v) is 6.64. The number of hydrogen-bond acceptors (Lipinski definition) is 3. The van der Waals surface area contributed by atoms with E-state index in [1.807, 2.05) is 13.0 Å². The van der Waals surface area contributed by atoms with Crippen molar-refractivity contribution in [2.24, 2.45) is 11.8 Å². The van der Waals surface area contributed by atoms with Gasteiger partial charge in [-0.05, 0) is 37.3 Å². The summed E-state index contributed by atoms with van der Waals surface area (Å²) in [6.45, 7) is 10.0. The van der Waals surface area contributed by atoms with E-state index in [1.165, 1.54) is 0 Å². The Balaban J connectivity index is 2.61. The molecule has 0 fully saturated rings. The van der Waals surface area contributed by atoms with E-state index in [0.717, 1.165) is 5.56 Å². The Morgan fingerprint density at radius 1 is 1.26 bits per heavy atom. The van der Waals surface area contributed by atoms with Crippen molar-refractivity contribution in [3.05, 3.63) is 42.5 Å². The summed E-state index contributed by atoms with van der Waals surface area (Å²) in [6.07, 6.45) is 2.51. The van der Waals surface area contributed by atoms with E-state index in [0.29, 0.717) is 12.3 Å². The van der Waals surface area contributed by atoms with Gasteiger partial charge in [-0.2, -0.15) is 8.42 Å². The maximum Gasteiger partial charge on any atom is 0.296 e.